The Morgan fingerprint density at radius 2 is 1.34 bits per heavy atom. The van der Waals surface area contributed by atoms with E-state index >= 15 is 0 Å². The molecular formula is C24H21F8NO4S. The number of carbonyl (C=O) groups excluding carboxylic acids is 1. The molecule has 0 N–H and O–H groups in total. The summed E-state index contributed by atoms with van der Waals surface area (Å²) >= 11 is 0. The van der Waals surface area contributed by atoms with Gasteiger partial charge in [-0.2, -0.15) is 26.3 Å². The van der Waals surface area contributed by atoms with Gasteiger partial charge in [0.05, 0.1) is 18.1 Å². The van der Waals surface area contributed by atoms with Crippen LogP contribution in [0.3, 0.4) is 0 Å². The van der Waals surface area contributed by atoms with E-state index in [9.17, 15) is 48.3 Å². The molecule has 0 unspecified atom stereocenters. The van der Waals surface area contributed by atoms with Gasteiger partial charge in [0.25, 0.3) is 0 Å². The Hall–Kier alpha value is -2.74. The largest absolute Gasteiger partial charge is 0.435 e. The number of carbonyl (C=O) groups is 1. The average Bonchev–Trinajstić information content (AvgIpc) is 2.82. The predicted octanol–water partition coefficient (Wildman–Crippen LogP) is 5.05. The normalized spacial score (nSPS) is 23.2. The van der Waals surface area contributed by atoms with Gasteiger partial charge in [-0.1, -0.05) is 24.3 Å². The molecular weight excluding hydrogens is 550 g/mol. The number of alkyl halides is 7. The second-order valence-electron chi connectivity index (χ2n) is 9.23. The molecule has 38 heavy (non-hydrogen) atoms. The molecule has 1 saturated heterocycles. The van der Waals surface area contributed by atoms with Crippen molar-refractivity contribution in [3.8, 4) is 0 Å². The third-order valence-electron chi connectivity index (χ3n) is 7.05. The van der Waals surface area contributed by atoms with E-state index in [1.165, 1.54) is 4.90 Å². The fourth-order valence-corrected chi connectivity index (χ4v) is 7.13. The van der Waals surface area contributed by atoms with E-state index in [1.54, 1.807) is 0 Å². The molecule has 208 valence electrons. The van der Waals surface area contributed by atoms with Gasteiger partial charge >= 0.3 is 18.0 Å². The molecule has 14 heteroatoms. The van der Waals surface area contributed by atoms with Gasteiger partial charge in [-0.25, -0.2) is 17.2 Å². The molecule has 1 aliphatic heterocycles. The van der Waals surface area contributed by atoms with E-state index in [-0.39, 0.29) is 67.6 Å². The third-order valence-corrected chi connectivity index (χ3v) is 9.54. The minimum Gasteiger partial charge on any atom is -0.378 e. The first kappa shape index (κ1) is 28.3. The molecule has 1 saturated carbocycles. The second kappa shape index (κ2) is 9.47. The number of morpholine rings is 1. The van der Waals surface area contributed by atoms with Crippen LogP contribution < -0.4 is 0 Å². The lowest BCUT2D eigenvalue weighted by molar-refractivity contribution is -0.348. The van der Waals surface area contributed by atoms with Crippen molar-refractivity contribution in [2.24, 2.45) is 5.92 Å². The first-order chi connectivity index (χ1) is 17.5. The van der Waals surface area contributed by atoms with Crippen molar-refractivity contribution in [3.63, 3.8) is 0 Å². The Balaban J connectivity index is 1.75. The van der Waals surface area contributed by atoms with Crippen LogP contribution in [0.1, 0.15) is 24.0 Å². The molecule has 2 aromatic carbocycles. The average molecular weight is 571 g/mol. The Morgan fingerprint density at radius 1 is 0.842 bits per heavy atom. The minimum absolute atomic E-state index is 0.219. The number of hydrogen-bond donors (Lipinski definition) is 0. The topological polar surface area (TPSA) is 63.7 Å². The molecule has 0 bridgehead atoms. The smallest absolute Gasteiger partial charge is 0.378 e. The Bertz CT molecular complexity index is 1260. The summed E-state index contributed by atoms with van der Waals surface area (Å²) in [7, 11) is -4.44. The summed E-state index contributed by atoms with van der Waals surface area (Å²) in [6, 6.07) is 5.57. The van der Waals surface area contributed by atoms with Crippen LogP contribution in [0, 0.1) is 11.7 Å². The van der Waals surface area contributed by atoms with Crippen LogP contribution >= 0.6 is 0 Å². The van der Waals surface area contributed by atoms with E-state index in [1.807, 2.05) is 0 Å². The molecule has 2 fully saturated rings. The highest BCUT2D eigenvalue weighted by Gasteiger charge is 2.73. The number of nitrogens with zero attached hydrogens (tertiary/aromatic N) is 1. The summed E-state index contributed by atoms with van der Waals surface area (Å²) in [6.45, 7) is 1.11. The van der Waals surface area contributed by atoms with Gasteiger partial charge in [0.15, 0.2) is 9.84 Å². The summed E-state index contributed by atoms with van der Waals surface area (Å²) < 4.78 is 138. The molecule has 0 atom stereocenters. The van der Waals surface area contributed by atoms with Crippen LogP contribution in [0.2, 0.25) is 0 Å². The highest BCUT2D eigenvalue weighted by atomic mass is 32.2. The van der Waals surface area contributed by atoms with Gasteiger partial charge in [-0.3, -0.25) is 4.79 Å². The van der Waals surface area contributed by atoms with Gasteiger partial charge in [-0.15, -0.1) is 0 Å². The summed E-state index contributed by atoms with van der Waals surface area (Å²) in [5.41, 5.74) is -7.67. The van der Waals surface area contributed by atoms with Crippen molar-refractivity contribution in [1.29, 1.82) is 0 Å². The minimum atomic E-state index is -6.34. The number of sulfone groups is 1. The fraction of sp³-hybridized carbons (Fsp3) is 0.458. The van der Waals surface area contributed by atoms with E-state index < -0.39 is 49.9 Å². The van der Waals surface area contributed by atoms with Crippen molar-refractivity contribution in [3.05, 3.63) is 65.5 Å². The number of amides is 1. The zero-order valence-electron chi connectivity index (χ0n) is 19.5. The molecule has 1 aliphatic carbocycles. The quantitative estimate of drug-likeness (QED) is 0.372. The van der Waals surface area contributed by atoms with Crippen molar-refractivity contribution < 1.29 is 53.1 Å². The van der Waals surface area contributed by atoms with Crippen molar-refractivity contribution in [1.82, 2.24) is 4.90 Å². The highest BCUT2D eigenvalue weighted by Crippen LogP contribution is 2.56. The van der Waals surface area contributed by atoms with Gasteiger partial charge in [0.2, 0.25) is 5.91 Å². The first-order valence-electron chi connectivity index (χ1n) is 11.3. The summed E-state index contributed by atoms with van der Waals surface area (Å²) in [5.74, 6) is -1.92. The number of rotatable bonds is 5. The standard InChI is InChI=1S/C24H21F8NO4S/c25-18-5-7-19(8-6-18)38(35,36)21(13-15(14-21)20(34)33-9-11-37-12-10-33)16-1-3-17(4-2-16)22(26,23(27,28)29)24(30,31)32/h1-8,15H,9-14H2/t15-,21+. The SMILES string of the molecule is O=C([C@H]1C[C@@](c2ccc(C(F)(C(F)(F)F)C(F)(F)F)cc2)(S(=O)(=O)c2ccc(F)cc2)C1)N1CCOCC1. The maximum absolute atomic E-state index is 14.5. The van der Waals surface area contributed by atoms with Crippen LogP contribution in [-0.2, 0) is 29.8 Å². The van der Waals surface area contributed by atoms with E-state index in [4.69, 9.17) is 4.74 Å². The summed E-state index contributed by atoms with van der Waals surface area (Å²) in [4.78, 5) is 14.1. The monoisotopic (exact) mass is 571 g/mol. The maximum Gasteiger partial charge on any atom is 0.435 e. The van der Waals surface area contributed by atoms with Gasteiger partial charge < -0.3 is 9.64 Å². The number of benzene rings is 2. The van der Waals surface area contributed by atoms with Gasteiger partial charge in [-0.05, 0) is 42.7 Å². The fourth-order valence-electron chi connectivity index (χ4n) is 4.89. The van der Waals surface area contributed by atoms with Crippen molar-refractivity contribution >= 4 is 15.7 Å². The van der Waals surface area contributed by atoms with Crippen molar-refractivity contribution in [2.45, 2.75) is 40.5 Å². The zero-order valence-corrected chi connectivity index (χ0v) is 20.3. The third kappa shape index (κ3) is 4.44. The van der Waals surface area contributed by atoms with E-state index in [0.717, 1.165) is 24.3 Å². The zero-order chi connectivity index (χ0) is 28.1. The van der Waals surface area contributed by atoms with Crippen LogP contribution in [0.5, 0.6) is 0 Å². The summed E-state index contributed by atoms with van der Waals surface area (Å²) in [5, 5.41) is 0. The van der Waals surface area contributed by atoms with E-state index in [0.29, 0.717) is 12.1 Å². The van der Waals surface area contributed by atoms with E-state index in [2.05, 4.69) is 0 Å². The van der Waals surface area contributed by atoms with Crippen LogP contribution in [0.4, 0.5) is 35.1 Å². The number of halogens is 8. The molecule has 2 aliphatic rings. The maximum atomic E-state index is 14.5. The van der Waals surface area contributed by atoms with Gasteiger partial charge in [0, 0.05) is 24.6 Å². The second-order valence-corrected chi connectivity index (χ2v) is 11.5. The Morgan fingerprint density at radius 3 is 1.82 bits per heavy atom. The molecule has 5 nitrogen and oxygen atoms in total. The van der Waals surface area contributed by atoms with Crippen molar-refractivity contribution in [2.75, 3.05) is 26.3 Å². The molecule has 0 radical (unpaired) electrons. The first-order valence-corrected chi connectivity index (χ1v) is 12.8. The molecule has 4 rings (SSSR count). The highest BCUT2D eigenvalue weighted by molar-refractivity contribution is 7.92. The number of hydrogen-bond acceptors (Lipinski definition) is 4. The number of ether oxygens (including phenoxy) is 1. The predicted molar refractivity (Wildman–Crippen MR) is 117 cm³/mol. The Kier molecular flexibility index (Phi) is 7.05. The molecule has 0 spiro atoms. The molecule has 1 heterocycles. The van der Waals surface area contributed by atoms with Gasteiger partial charge in [0.1, 0.15) is 10.6 Å². The summed E-state index contributed by atoms with van der Waals surface area (Å²) in [6.07, 6.45) is -13.3. The van der Waals surface area contributed by atoms with Crippen LogP contribution in [-0.4, -0.2) is 57.9 Å². The Labute approximate surface area is 212 Å². The van der Waals surface area contributed by atoms with Crippen LogP contribution in [0.25, 0.3) is 0 Å². The lowest BCUT2D eigenvalue weighted by Crippen LogP contribution is -2.55. The lowest BCUT2D eigenvalue weighted by Gasteiger charge is -2.48. The molecule has 0 aromatic heterocycles. The molecule has 2 aromatic rings. The lowest BCUT2D eigenvalue weighted by atomic mass is 9.69. The van der Waals surface area contributed by atoms with Crippen LogP contribution in [0.15, 0.2) is 53.4 Å². The molecule has 1 amide bonds.